The average molecular weight is 334 g/mol. The number of rotatable bonds is 2. The molecule has 0 amide bonds. The molecule has 1 aliphatic carbocycles. The largest absolute Gasteiger partial charge is 0.492 e. The van der Waals surface area contributed by atoms with Crippen LogP contribution in [0.15, 0.2) is 4.79 Å². The Bertz CT molecular complexity index is 444. The van der Waals surface area contributed by atoms with Crippen LogP contribution in [0, 0.1) is 9.49 Å². The van der Waals surface area contributed by atoms with E-state index < -0.39 is 0 Å². The van der Waals surface area contributed by atoms with E-state index in [0.29, 0.717) is 11.7 Å². The van der Waals surface area contributed by atoms with Crippen LogP contribution in [0.25, 0.3) is 0 Å². The second-order valence-electron chi connectivity index (χ2n) is 4.37. The van der Waals surface area contributed by atoms with Gasteiger partial charge in [-0.2, -0.15) is 4.98 Å². The molecule has 2 N–H and O–H groups in total. The zero-order chi connectivity index (χ0) is 11.7. The van der Waals surface area contributed by atoms with Crippen molar-refractivity contribution in [3.05, 3.63) is 19.7 Å². The lowest BCUT2D eigenvalue weighted by atomic mass is 10.0. The first-order chi connectivity index (χ1) is 7.61. The maximum absolute atomic E-state index is 11.5. The first kappa shape index (κ1) is 11.9. The van der Waals surface area contributed by atoms with Gasteiger partial charge in [0.1, 0.15) is 9.39 Å². The Morgan fingerprint density at radius 1 is 1.56 bits per heavy atom. The van der Waals surface area contributed by atoms with Crippen molar-refractivity contribution in [2.75, 3.05) is 0 Å². The summed E-state index contributed by atoms with van der Waals surface area (Å²) in [5.74, 6) is 1.55. The van der Waals surface area contributed by atoms with Gasteiger partial charge in [0.15, 0.2) is 0 Å². The van der Waals surface area contributed by atoms with Gasteiger partial charge in [-0.1, -0.05) is 13.3 Å². The van der Waals surface area contributed by atoms with E-state index in [1.165, 1.54) is 12.8 Å². The summed E-state index contributed by atoms with van der Waals surface area (Å²) in [6.07, 6.45) is 4.50. The molecule has 2 rings (SSSR count). The smallest absolute Gasteiger partial charge is 0.268 e. The number of nitrogens with one attached hydrogen (secondary N) is 1. The van der Waals surface area contributed by atoms with Gasteiger partial charge in [0.2, 0.25) is 5.88 Å². The van der Waals surface area contributed by atoms with Gasteiger partial charge in [-0.05, 0) is 47.8 Å². The summed E-state index contributed by atoms with van der Waals surface area (Å²) in [4.78, 5) is 18.4. The van der Waals surface area contributed by atoms with E-state index in [1.807, 2.05) is 0 Å². The van der Waals surface area contributed by atoms with Gasteiger partial charge in [0.05, 0.1) is 0 Å². The van der Waals surface area contributed by atoms with Crippen molar-refractivity contribution in [3.8, 4) is 5.88 Å². The van der Waals surface area contributed by atoms with Crippen LogP contribution in [-0.4, -0.2) is 15.1 Å². The normalized spacial score (nSPS) is 24.9. The topological polar surface area (TPSA) is 66.0 Å². The minimum absolute atomic E-state index is 0.140. The molecule has 1 aromatic rings. The van der Waals surface area contributed by atoms with Crippen LogP contribution in [0.1, 0.15) is 44.3 Å². The SMILES string of the molecule is CCC1CCC(c2nc(O)c(I)c(=O)[nH]2)C1. The summed E-state index contributed by atoms with van der Waals surface area (Å²) >= 11 is 1.80. The lowest BCUT2D eigenvalue weighted by Gasteiger charge is -2.09. The molecule has 2 atom stereocenters. The molecule has 0 saturated heterocycles. The molecule has 4 nitrogen and oxygen atoms in total. The predicted molar refractivity (Wildman–Crippen MR) is 69.6 cm³/mol. The number of halogens is 1. The van der Waals surface area contributed by atoms with Crippen molar-refractivity contribution in [1.29, 1.82) is 0 Å². The van der Waals surface area contributed by atoms with E-state index in [9.17, 15) is 9.90 Å². The van der Waals surface area contributed by atoms with Crippen LogP contribution < -0.4 is 5.56 Å². The van der Waals surface area contributed by atoms with Crippen molar-refractivity contribution in [2.45, 2.75) is 38.5 Å². The summed E-state index contributed by atoms with van der Waals surface area (Å²) in [5.41, 5.74) is -0.233. The van der Waals surface area contributed by atoms with E-state index in [4.69, 9.17) is 0 Å². The second kappa shape index (κ2) is 4.73. The van der Waals surface area contributed by atoms with Gasteiger partial charge in [-0.25, -0.2) is 0 Å². The number of H-pyrrole nitrogens is 1. The Labute approximate surface area is 108 Å². The molecule has 0 radical (unpaired) electrons. The molecular weight excluding hydrogens is 319 g/mol. The van der Waals surface area contributed by atoms with Gasteiger partial charge < -0.3 is 10.1 Å². The quantitative estimate of drug-likeness (QED) is 0.816. The molecule has 1 aromatic heterocycles. The molecule has 88 valence electrons. The molecule has 1 heterocycles. The highest BCUT2D eigenvalue weighted by Crippen LogP contribution is 2.38. The molecule has 1 saturated carbocycles. The first-order valence-electron chi connectivity index (χ1n) is 5.60. The maximum atomic E-state index is 11.5. The fraction of sp³-hybridized carbons (Fsp3) is 0.636. The molecule has 16 heavy (non-hydrogen) atoms. The fourth-order valence-electron chi connectivity index (χ4n) is 2.35. The van der Waals surface area contributed by atoms with Crippen LogP contribution >= 0.6 is 22.6 Å². The summed E-state index contributed by atoms with van der Waals surface area (Å²) in [7, 11) is 0. The summed E-state index contributed by atoms with van der Waals surface area (Å²) < 4.78 is 0.270. The summed E-state index contributed by atoms with van der Waals surface area (Å²) in [6.45, 7) is 2.19. The van der Waals surface area contributed by atoms with Crippen molar-refractivity contribution < 1.29 is 5.11 Å². The van der Waals surface area contributed by atoms with Gasteiger partial charge in [0.25, 0.3) is 5.56 Å². The standard InChI is InChI=1S/C11H15IN2O2/c1-2-6-3-4-7(5-6)9-13-10(15)8(12)11(16)14-9/h6-7H,2-5H2,1H3,(H2,13,14,15,16). The zero-order valence-electron chi connectivity index (χ0n) is 9.16. The number of aromatic hydroxyl groups is 1. The first-order valence-corrected chi connectivity index (χ1v) is 6.68. The Hall–Kier alpha value is -0.590. The average Bonchev–Trinajstić information content (AvgIpc) is 2.73. The molecule has 2 unspecified atom stereocenters. The Morgan fingerprint density at radius 2 is 2.31 bits per heavy atom. The second-order valence-corrected chi connectivity index (χ2v) is 5.45. The Morgan fingerprint density at radius 3 is 2.88 bits per heavy atom. The van der Waals surface area contributed by atoms with E-state index >= 15 is 0 Å². The minimum Gasteiger partial charge on any atom is -0.492 e. The van der Waals surface area contributed by atoms with Crippen LogP contribution in [0.3, 0.4) is 0 Å². The summed E-state index contributed by atoms with van der Waals surface area (Å²) in [5, 5.41) is 9.53. The van der Waals surface area contributed by atoms with Crippen molar-refractivity contribution in [1.82, 2.24) is 9.97 Å². The molecule has 5 heteroatoms. The van der Waals surface area contributed by atoms with Gasteiger partial charge >= 0.3 is 0 Å². The maximum Gasteiger partial charge on any atom is 0.268 e. The van der Waals surface area contributed by atoms with Crippen molar-refractivity contribution in [2.24, 2.45) is 5.92 Å². The van der Waals surface area contributed by atoms with E-state index in [1.54, 1.807) is 22.6 Å². The monoisotopic (exact) mass is 334 g/mol. The third kappa shape index (κ3) is 2.23. The van der Waals surface area contributed by atoms with Gasteiger partial charge in [0, 0.05) is 5.92 Å². The summed E-state index contributed by atoms with van der Waals surface area (Å²) in [6, 6.07) is 0. The highest BCUT2D eigenvalue weighted by atomic mass is 127. The minimum atomic E-state index is -0.233. The third-order valence-corrected chi connectivity index (χ3v) is 4.34. The van der Waals surface area contributed by atoms with Crippen LogP contribution in [0.2, 0.25) is 0 Å². The van der Waals surface area contributed by atoms with Crippen LogP contribution in [0.4, 0.5) is 0 Å². The zero-order valence-corrected chi connectivity index (χ0v) is 11.3. The van der Waals surface area contributed by atoms with E-state index in [0.717, 1.165) is 18.8 Å². The molecule has 0 aromatic carbocycles. The molecule has 1 aliphatic rings. The third-order valence-electron chi connectivity index (χ3n) is 3.37. The predicted octanol–water partition coefficient (Wildman–Crippen LogP) is 2.37. The lowest BCUT2D eigenvalue weighted by Crippen LogP contribution is -2.16. The fourth-order valence-corrected chi connectivity index (χ4v) is 2.61. The molecule has 0 spiro atoms. The Kier molecular flexibility index (Phi) is 3.51. The van der Waals surface area contributed by atoms with E-state index in [2.05, 4.69) is 16.9 Å². The number of hydrogen-bond acceptors (Lipinski definition) is 3. The highest BCUT2D eigenvalue weighted by Gasteiger charge is 2.27. The number of nitrogens with zero attached hydrogens (tertiary/aromatic N) is 1. The highest BCUT2D eigenvalue weighted by molar-refractivity contribution is 14.1. The van der Waals surface area contributed by atoms with Crippen LogP contribution in [-0.2, 0) is 0 Å². The van der Waals surface area contributed by atoms with Gasteiger partial charge in [-0.15, -0.1) is 0 Å². The number of aromatic nitrogens is 2. The molecule has 0 aliphatic heterocycles. The Balaban J connectivity index is 2.26. The van der Waals surface area contributed by atoms with Crippen molar-refractivity contribution >= 4 is 22.6 Å². The molecular formula is C11H15IN2O2. The van der Waals surface area contributed by atoms with Crippen LogP contribution in [0.5, 0.6) is 5.88 Å². The van der Waals surface area contributed by atoms with E-state index in [-0.39, 0.29) is 15.0 Å². The van der Waals surface area contributed by atoms with Crippen molar-refractivity contribution in [3.63, 3.8) is 0 Å². The van der Waals surface area contributed by atoms with Gasteiger partial charge in [-0.3, -0.25) is 4.79 Å². The molecule has 0 bridgehead atoms. The number of hydrogen-bond donors (Lipinski definition) is 2. The number of aromatic amines is 1. The molecule has 1 fully saturated rings. The lowest BCUT2D eigenvalue weighted by molar-refractivity contribution is 0.437.